The molecule has 0 spiro atoms. The van der Waals surface area contributed by atoms with E-state index in [-0.39, 0.29) is 5.91 Å². The zero-order valence-electron chi connectivity index (χ0n) is 10.0. The molecule has 0 saturated carbocycles. The molecule has 0 bridgehead atoms. The first-order valence-electron chi connectivity index (χ1n) is 5.70. The zero-order valence-corrected chi connectivity index (χ0v) is 10.0. The Kier molecular flexibility index (Phi) is 4.54. The lowest BCUT2D eigenvalue weighted by molar-refractivity contribution is -0.140. The molecule has 0 atom stereocenters. The molecule has 1 fully saturated rings. The van der Waals surface area contributed by atoms with Crippen molar-refractivity contribution in [1.82, 2.24) is 10.2 Å². The summed E-state index contributed by atoms with van der Waals surface area (Å²) in [7, 11) is 0. The molecule has 0 aliphatic carbocycles. The predicted molar refractivity (Wildman–Crippen MR) is 59.8 cm³/mol. The van der Waals surface area contributed by atoms with Crippen LogP contribution in [0.2, 0.25) is 0 Å². The van der Waals surface area contributed by atoms with Crippen molar-refractivity contribution >= 4 is 5.91 Å². The minimum Gasteiger partial charge on any atom is -0.382 e. The Labute approximate surface area is 92.0 Å². The Morgan fingerprint density at radius 1 is 1.53 bits per heavy atom. The van der Waals surface area contributed by atoms with Gasteiger partial charge in [0, 0.05) is 32.8 Å². The quantitative estimate of drug-likeness (QED) is 0.682. The fourth-order valence-corrected chi connectivity index (χ4v) is 1.79. The van der Waals surface area contributed by atoms with Crippen LogP contribution in [0.3, 0.4) is 0 Å². The molecule has 0 unspecified atom stereocenters. The lowest BCUT2D eigenvalue weighted by Crippen LogP contribution is -2.61. The molecule has 4 nitrogen and oxygen atoms in total. The number of ether oxygens (including phenoxy) is 1. The molecule has 0 aromatic rings. The highest BCUT2D eigenvalue weighted by Crippen LogP contribution is 2.12. The van der Waals surface area contributed by atoms with E-state index >= 15 is 0 Å². The van der Waals surface area contributed by atoms with Gasteiger partial charge in [0.1, 0.15) is 0 Å². The van der Waals surface area contributed by atoms with Gasteiger partial charge in [-0.15, -0.1) is 0 Å². The number of hydrogen-bond acceptors (Lipinski definition) is 3. The molecule has 1 N–H and O–H groups in total. The smallest absolute Gasteiger partial charge is 0.242 e. The highest BCUT2D eigenvalue weighted by molar-refractivity contribution is 5.86. The first kappa shape index (κ1) is 12.5. The van der Waals surface area contributed by atoms with Gasteiger partial charge < -0.3 is 15.0 Å². The Balaban J connectivity index is 2.32. The van der Waals surface area contributed by atoms with Crippen molar-refractivity contribution < 1.29 is 9.53 Å². The number of nitrogens with zero attached hydrogens (tertiary/aromatic N) is 1. The number of rotatable bonds is 5. The summed E-state index contributed by atoms with van der Waals surface area (Å²) in [5, 5.41) is 3.22. The molecule has 88 valence electrons. The molecule has 0 aromatic carbocycles. The number of carbonyl (C=O) groups excluding carboxylic acids is 1. The van der Waals surface area contributed by atoms with Crippen molar-refractivity contribution in [3.63, 3.8) is 0 Å². The van der Waals surface area contributed by atoms with Crippen molar-refractivity contribution in [2.75, 3.05) is 32.8 Å². The maximum absolute atomic E-state index is 11.9. The molecule has 1 saturated heterocycles. The largest absolute Gasteiger partial charge is 0.382 e. The van der Waals surface area contributed by atoms with E-state index in [4.69, 9.17) is 4.74 Å². The fraction of sp³-hybridized carbons (Fsp3) is 0.909. The zero-order chi connectivity index (χ0) is 11.3. The summed E-state index contributed by atoms with van der Waals surface area (Å²) in [6.45, 7) is 9.86. The van der Waals surface area contributed by atoms with Crippen molar-refractivity contribution in [2.45, 2.75) is 32.7 Å². The van der Waals surface area contributed by atoms with Crippen molar-refractivity contribution in [3.8, 4) is 0 Å². The summed E-state index contributed by atoms with van der Waals surface area (Å²) in [4.78, 5) is 13.9. The topological polar surface area (TPSA) is 41.6 Å². The second kappa shape index (κ2) is 5.47. The van der Waals surface area contributed by atoms with Gasteiger partial charge in [0.05, 0.1) is 5.54 Å². The van der Waals surface area contributed by atoms with Gasteiger partial charge in [-0.1, -0.05) is 0 Å². The standard InChI is InChI=1S/C11H22N2O2/c1-4-15-9-5-7-13-8-6-12-11(2,3)10(13)14/h12H,4-9H2,1-3H3. The second-order valence-electron chi connectivity index (χ2n) is 4.39. The second-order valence-corrected chi connectivity index (χ2v) is 4.39. The van der Waals surface area contributed by atoms with Crippen LogP contribution >= 0.6 is 0 Å². The molecular weight excluding hydrogens is 192 g/mol. The van der Waals surface area contributed by atoms with E-state index in [0.29, 0.717) is 0 Å². The summed E-state index contributed by atoms with van der Waals surface area (Å²) >= 11 is 0. The Morgan fingerprint density at radius 3 is 2.93 bits per heavy atom. The number of amides is 1. The van der Waals surface area contributed by atoms with Crippen molar-refractivity contribution in [2.24, 2.45) is 0 Å². The van der Waals surface area contributed by atoms with Gasteiger partial charge in [-0.05, 0) is 27.2 Å². The normalized spacial score (nSPS) is 20.7. The van der Waals surface area contributed by atoms with E-state index in [1.807, 2.05) is 25.7 Å². The highest BCUT2D eigenvalue weighted by Gasteiger charge is 2.34. The summed E-state index contributed by atoms with van der Waals surface area (Å²) in [5.41, 5.74) is -0.399. The number of nitrogens with one attached hydrogen (secondary N) is 1. The maximum atomic E-state index is 11.9. The first-order valence-corrected chi connectivity index (χ1v) is 5.70. The van der Waals surface area contributed by atoms with E-state index < -0.39 is 5.54 Å². The number of carbonyl (C=O) groups is 1. The number of piperazine rings is 1. The first-order chi connectivity index (χ1) is 7.08. The predicted octanol–water partition coefficient (Wildman–Crippen LogP) is 0.623. The van der Waals surface area contributed by atoms with Gasteiger partial charge in [-0.2, -0.15) is 0 Å². The highest BCUT2D eigenvalue weighted by atomic mass is 16.5. The molecule has 15 heavy (non-hydrogen) atoms. The van der Waals surface area contributed by atoms with Crippen LogP contribution in [0.1, 0.15) is 27.2 Å². The molecule has 4 heteroatoms. The molecule has 1 aliphatic rings. The van der Waals surface area contributed by atoms with Crippen molar-refractivity contribution in [3.05, 3.63) is 0 Å². The average molecular weight is 214 g/mol. The fourth-order valence-electron chi connectivity index (χ4n) is 1.79. The summed E-state index contributed by atoms with van der Waals surface area (Å²) in [5.74, 6) is 0.199. The third kappa shape index (κ3) is 3.47. The van der Waals surface area contributed by atoms with Crippen LogP contribution in [0, 0.1) is 0 Å². The summed E-state index contributed by atoms with van der Waals surface area (Å²) in [6, 6.07) is 0. The van der Waals surface area contributed by atoms with E-state index in [2.05, 4.69) is 5.32 Å². The monoisotopic (exact) mass is 214 g/mol. The van der Waals surface area contributed by atoms with Gasteiger partial charge >= 0.3 is 0 Å². The maximum Gasteiger partial charge on any atom is 0.242 e. The van der Waals surface area contributed by atoms with E-state index in [1.54, 1.807) is 0 Å². The van der Waals surface area contributed by atoms with Crippen LogP contribution in [0.5, 0.6) is 0 Å². The Hall–Kier alpha value is -0.610. The lowest BCUT2D eigenvalue weighted by Gasteiger charge is -2.38. The minimum absolute atomic E-state index is 0.199. The van der Waals surface area contributed by atoms with Gasteiger partial charge in [-0.25, -0.2) is 0 Å². The van der Waals surface area contributed by atoms with Gasteiger partial charge in [0.15, 0.2) is 0 Å². The summed E-state index contributed by atoms with van der Waals surface area (Å²) < 4.78 is 5.26. The van der Waals surface area contributed by atoms with Crippen LogP contribution in [0.25, 0.3) is 0 Å². The van der Waals surface area contributed by atoms with E-state index in [9.17, 15) is 4.79 Å². The molecule has 0 aromatic heterocycles. The van der Waals surface area contributed by atoms with Crippen LogP contribution in [0.15, 0.2) is 0 Å². The van der Waals surface area contributed by atoms with Crippen LogP contribution in [0.4, 0.5) is 0 Å². The molecule has 1 heterocycles. The SMILES string of the molecule is CCOCCCN1CCNC(C)(C)C1=O. The van der Waals surface area contributed by atoms with Gasteiger partial charge in [0.2, 0.25) is 5.91 Å². The molecule has 1 rings (SSSR count). The van der Waals surface area contributed by atoms with Crippen molar-refractivity contribution in [1.29, 1.82) is 0 Å². The summed E-state index contributed by atoms with van der Waals surface area (Å²) in [6.07, 6.45) is 0.926. The molecule has 0 radical (unpaired) electrons. The van der Waals surface area contributed by atoms with Crippen LogP contribution in [-0.2, 0) is 9.53 Å². The molecular formula is C11H22N2O2. The van der Waals surface area contributed by atoms with Crippen LogP contribution < -0.4 is 5.32 Å². The molecule has 1 amide bonds. The van der Waals surface area contributed by atoms with Gasteiger partial charge in [-0.3, -0.25) is 4.79 Å². The minimum atomic E-state index is -0.399. The number of hydrogen-bond donors (Lipinski definition) is 1. The third-order valence-corrected chi connectivity index (χ3v) is 2.69. The molecule has 1 aliphatic heterocycles. The average Bonchev–Trinajstić information content (AvgIpc) is 2.19. The van der Waals surface area contributed by atoms with Crippen LogP contribution in [-0.4, -0.2) is 49.2 Å². The lowest BCUT2D eigenvalue weighted by atomic mass is 10.0. The third-order valence-electron chi connectivity index (χ3n) is 2.69. The Morgan fingerprint density at radius 2 is 2.27 bits per heavy atom. The van der Waals surface area contributed by atoms with E-state index in [0.717, 1.165) is 39.3 Å². The Bertz CT molecular complexity index is 217. The van der Waals surface area contributed by atoms with Gasteiger partial charge in [0.25, 0.3) is 0 Å². The van der Waals surface area contributed by atoms with E-state index in [1.165, 1.54) is 0 Å².